The lowest BCUT2D eigenvalue weighted by atomic mass is 9.94. The van der Waals surface area contributed by atoms with E-state index < -0.39 is 0 Å². The summed E-state index contributed by atoms with van der Waals surface area (Å²) in [5.41, 5.74) is 3.97. The molecule has 1 saturated heterocycles. The molecule has 1 fully saturated rings. The first kappa shape index (κ1) is 16.6. The zero-order chi connectivity index (χ0) is 17.1. The third-order valence-corrected chi connectivity index (χ3v) is 5.97. The van der Waals surface area contributed by atoms with Crippen molar-refractivity contribution in [1.82, 2.24) is 24.8 Å². The third kappa shape index (κ3) is 4.02. The number of rotatable bonds is 5. The van der Waals surface area contributed by atoms with Crippen LogP contribution < -0.4 is 5.32 Å². The van der Waals surface area contributed by atoms with E-state index in [1.54, 1.807) is 35.1 Å². The van der Waals surface area contributed by atoms with Gasteiger partial charge in [-0.2, -0.15) is 0 Å². The Morgan fingerprint density at radius 3 is 3.00 bits per heavy atom. The topological polar surface area (TPSA) is 66.8 Å². The van der Waals surface area contributed by atoms with Crippen LogP contribution in [0.3, 0.4) is 0 Å². The largest absolute Gasteiger partial charge is 0.315 e. The van der Waals surface area contributed by atoms with Gasteiger partial charge in [-0.15, -0.1) is 22.7 Å². The minimum atomic E-state index is 0.388. The van der Waals surface area contributed by atoms with Crippen LogP contribution in [0.1, 0.15) is 35.0 Å². The second kappa shape index (κ2) is 7.55. The first-order valence-electron chi connectivity index (χ1n) is 8.37. The quantitative estimate of drug-likeness (QED) is 0.734. The van der Waals surface area contributed by atoms with Crippen molar-refractivity contribution in [3.8, 4) is 0 Å². The summed E-state index contributed by atoms with van der Waals surface area (Å²) >= 11 is 3.32. The Morgan fingerprint density at radius 1 is 1.28 bits per heavy atom. The Kier molecular flexibility index (Phi) is 5.00. The van der Waals surface area contributed by atoms with Gasteiger partial charge in [-0.3, -0.25) is 14.9 Å². The lowest BCUT2D eigenvalue weighted by Gasteiger charge is -2.32. The summed E-state index contributed by atoms with van der Waals surface area (Å²) in [6, 6.07) is 0. The van der Waals surface area contributed by atoms with Gasteiger partial charge in [0.25, 0.3) is 0 Å². The molecule has 4 rings (SSSR count). The standard InChI is InChI=1S/C17H20N6S2/c1-12-10-24-17(21-12)22-16-15(19-4-5-20-16)13-3-2-6-23(8-13)9-14-7-18-11-25-14/h4-5,7,10-11,13H,2-3,6,8-9H2,1H3,(H,20,21,22). The molecule has 1 unspecified atom stereocenters. The van der Waals surface area contributed by atoms with Crippen molar-refractivity contribution in [2.75, 3.05) is 18.4 Å². The smallest absolute Gasteiger partial charge is 0.188 e. The number of hydrogen-bond acceptors (Lipinski definition) is 8. The number of hydrogen-bond donors (Lipinski definition) is 1. The maximum Gasteiger partial charge on any atom is 0.188 e. The van der Waals surface area contributed by atoms with Gasteiger partial charge in [0, 0.05) is 47.9 Å². The Balaban J connectivity index is 1.50. The normalized spacial score (nSPS) is 18.4. The van der Waals surface area contributed by atoms with Gasteiger partial charge in [0.15, 0.2) is 10.9 Å². The maximum atomic E-state index is 4.65. The molecule has 8 heteroatoms. The number of nitrogens with zero attached hydrogens (tertiary/aromatic N) is 5. The lowest BCUT2D eigenvalue weighted by molar-refractivity contribution is 0.200. The predicted molar refractivity (Wildman–Crippen MR) is 102 cm³/mol. The maximum absolute atomic E-state index is 4.65. The number of aryl methyl sites for hydroxylation is 1. The summed E-state index contributed by atoms with van der Waals surface area (Å²) in [4.78, 5) is 21.7. The van der Waals surface area contributed by atoms with Crippen LogP contribution in [-0.2, 0) is 6.54 Å². The van der Waals surface area contributed by atoms with E-state index in [-0.39, 0.29) is 0 Å². The summed E-state index contributed by atoms with van der Waals surface area (Å²) in [6.45, 7) is 5.10. The van der Waals surface area contributed by atoms with Crippen LogP contribution in [0.2, 0.25) is 0 Å². The van der Waals surface area contributed by atoms with Crippen molar-refractivity contribution in [2.24, 2.45) is 0 Å². The van der Waals surface area contributed by atoms with E-state index in [1.807, 2.05) is 24.0 Å². The first-order chi connectivity index (χ1) is 12.3. The van der Waals surface area contributed by atoms with Crippen LogP contribution in [-0.4, -0.2) is 37.9 Å². The summed E-state index contributed by atoms with van der Waals surface area (Å²) in [5, 5.41) is 6.27. The molecule has 1 atom stereocenters. The minimum absolute atomic E-state index is 0.388. The number of thiazole rings is 2. The highest BCUT2D eigenvalue weighted by atomic mass is 32.1. The number of likely N-dealkylation sites (tertiary alicyclic amines) is 1. The number of piperidine rings is 1. The van der Waals surface area contributed by atoms with Crippen LogP contribution in [0.4, 0.5) is 10.9 Å². The molecule has 130 valence electrons. The molecule has 0 spiro atoms. The highest BCUT2D eigenvalue weighted by Gasteiger charge is 2.25. The van der Waals surface area contributed by atoms with E-state index in [4.69, 9.17) is 0 Å². The molecule has 3 aromatic heterocycles. The van der Waals surface area contributed by atoms with Crippen molar-refractivity contribution in [1.29, 1.82) is 0 Å². The van der Waals surface area contributed by atoms with E-state index in [0.29, 0.717) is 5.92 Å². The van der Waals surface area contributed by atoms with Gasteiger partial charge in [-0.1, -0.05) is 0 Å². The van der Waals surface area contributed by atoms with E-state index in [0.717, 1.165) is 48.4 Å². The molecule has 0 amide bonds. The van der Waals surface area contributed by atoms with Crippen LogP contribution in [0, 0.1) is 6.92 Å². The van der Waals surface area contributed by atoms with E-state index in [1.165, 1.54) is 11.3 Å². The fourth-order valence-electron chi connectivity index (χ4n) is 3.22. The first-order valence-corrected chi connectivity index (χ1v) is 10.1. The highest BCUT2D eigenvalue weighted by Crippen LogP contribution is 2.32. The molecule has 1 aliphatic rings. The van der Waals surface area contributed by atoms with Gasteiger partial charge in [-0.05, 0) is 26.3 Å². The van der Waals surface area contributed by atoms with Crippen molar-refractivity contribution in [3.63, 3.8) is 0 Å². The average Bonchev–Trinajstić information content (AvgIpc) is 3.27. The monoisotopic (exact) mass is 372 g/mol. The number of anilines is 2. The van der Waals surface area contributed by atoms with Gasteiger partial charge in [0.1, 0.15) is 0 Å². The molecule has 0 aromatic carbocycles. The second-order valence-corrected chi connectivity index (χ2v) is 8.08. The molecule has 4 heterocycles. The summed E-state index contributed by atoms with van der Waals surface area (Å²) < 4.78 is 0. The molecule has 1 aliphatic heterocycles. The van der Waals surface area contributed by atoms with Gasteiger partial charge >= 0.3 is 0 Å². The van der Waals surface area contributed by atoms with Crippen molar-refractivity contribution in [3.05, 3.63) is 45.7 Å². The van der Waals surface area contributed by atoms with E-state index >= 15 is 0 Å². The van der Waals surface area contributed by atoms with Crippen molar-refractivity contribution in [2.45, 2.75) is 32.2 Å². The molecule has 6 nitrogen and oxygen atoms in total. The molecule has 0 bridgehead atoms. The highest BCUT2D eigenvalue weighted by molar-refractivity contribution is 7.13. The van der Waals surface area contributed by atoms with Gasteiger partial charge in [-0.25, -0.2) is 9.97 Å². The van der Waals surface area contributed by atoms with Gasteiger partial charge < -0.3 is 5.32 Å². The summed E-state index contributed by atoms with van der Waals surface area (Å²) in [7, 11) is 0. The third-order valence-electron chi connectivity index (χ3n) is 4.33. The zero-order valence-corrected chi connectivity index (χ0v) is 15.7. The molecule has 1 N–H and O–H groups in total. The van der Waals surface area contributed by atoms with E-state index in [9.17, 15) is 0 Å². The SMILES string of the molecule is Cc1csc(Nc2nccnc2C2CCCN(Cc3cncs3)C2)n1. The second-order valence-electron chi connectivity index (χ2n) is 6.25. The van der Waals surface area contributed by atoms with Crippen LogP contribution in [0.5, 0.6) is 0 Å². The molecular formula is C17H20N6S2. The minimum Gasteiger partial charge on any atom is -0.315 e. The van der Waals surface area contributed by atoms with Gasteiger partial charge in [0.2, 0.25) is 0 Å². The van der Waals surface area contributed by atoms with Gasteiger partial charge in [0.05, 0.1) is 16.9 Å². The Hall–Kier alpha value is -1.90. The molecule has 0 radical (unpaired) electrons. The average molecular weight is 373 g/mol. The number of nitrogens with one attached hydrogen (secondary N) is 1. The lowest BCUT2D eigenvalue weighted by Crippen LogP contribution is -2.34. The van der Waals surface area contributed by atoms with Crippen molar-refractivity contribution < 1.29 is 0 Å². The molecule has 3 aromatic rings. The van der Waals surface area contributed by atoms with E-state index in [2.05, 4.69) is 30.2 Å². The predicted octanol–water partition coefficient (Wildman–Crippen LogP) is 3.82. The Labute approximate surface area is 155 Å². The summed E-state index contributed by atoms with van der Waals surface area (Å²) in [5.74, 6) is 1.22. The Bertz CT molecular complexity index is 816. The number of aromatic nitrogens is 4. The molecule has 0 saturated carbocycles. The molecular weight excluding hydrogens is 352 g/mol. The fraction of sp³-hybridized carbons (Fsp3) is 0.412. The van der Waals surface area contributed by atoms with Crippen LogP contribution >= 0.6 is 22.7 Å². The Morgan fingerprint density at radius 2 is 2.20 bits per heavy atom. The van der Waals surface area contributed by atoms with Crippen LogP contribution in [0.25, 0.3) is 0 Å². The molecule has 0 aliphatic carbocycles. The summed E-state index contributed by atoms with van der Waals surface area (Å²) in [6.07, 6.45) is 7.81. The van der Waals surface area contributed by atoms with Crippen molar-refractivity contribution >= 4 is 33.6 Å². The van der Waals surface area contributed by atoms with Crippen LogP contribution in [0.15, 0.2) is 29.5 Å². The molecule has 25 heavy (non-hydrogen) atoms. The zero-order valence-electron chi connectivity index (χ0n) is 14.1. The fourth-order valence-corrected chi connectivity index (χ4v) is 4.54.